The van der Waals surface area contributed by atoms with Gasteiger partial charge in [0.15, 0.2) is 5.76 Å². The summed E-state index contributed by atoms with van der Waals surface area (Å²) in [7, 11) is -4.22. The van der Waals surface area contributed by atoms with Gasteiger partial charge in [0.2, 0.25) is 0 Å². The number of aromatic nitrogens is 2. The second-order valence-electron chi connectivity index (χ2n) is 11.4. The Kier molecular flexibility index (Phi) is 10.2. The van der Waals surface area contributed by atoms with E-state index in [1.54, 1.807) is 65.2 Å². The molecule has 244 valence electrons. The molecule has 0 aliphatic heterocycles. The number of furan rings is 1. The number of nitrogens with zero attached hydrogens (tertiary/aromatic N) is 2. The van der Waals surface area contributed by atoms with Gasteiger partial charge in [-0.25, -0.2) is 22.9 Å². The van der Waals surface area contributed by atoms with Crippen LogP contribution in [-0.2, 0) is 27.7 Å². The number of aryl methyl sites for hydroxylation is 1. The molecule has 5 aromatic rings. The van der Waals surface area contributed by atoms with Crippen molar-refractivity contribution >= 4 is 38.6 Å². The molecule has 0 bridgehead atoms. The molecule has 0 aliphatic carbocycles. The molecule has 0 saturated carbocycles. The molecule has 0 spiro atoms. The molecule has 2 N–H and O–H groups in total. The molecular weight excluding hydrogens is 620 g/mol. The monoisotopic (exact) mass is 656 g/mol. The van der Waals surface area contributed by atoms with Gasteiger partial charge in [-0.1, -0.05) is 63.2 Å². The fourth-order valence-electron chi connectivity index (χ4n) is 5.02. The van der Waals surface area contributed by atoms with Crippen LogP contribution in [0.1, 0.15) is 55.6 Å². The Balaban J connectivity index is 1.40. The number of rotatable bonds is 12. The van der Waals surface area contributed by atoms with Gasteiger partial charge in [-0.05, 0) is 66.3 Å². The first-order chi connectivity index (χ1) is 22.6. The van der Waals surface area contributed by atoms with E-state index in [0.717, 1.165) is 12.0 Å². The predicted octanol–water partition coefficient (Wildman–Crippen LogP) is 6.37. The second kappa shape index (κ2) is 14.5. The Morgan fingerprint density at radius 2 is 1.77 bits per heavy atom. The summed E-state index contributed by atoms with van der Waals surface area (Å²) in [6, 6.07) is 21.7. The molecule has 12 heteroatoms. The van der Waals surface area contributed by atoms with E-state index < -0.39 is 22.0 Å². The van der Waals surface area contributed by atoms with Gasteiger partial charge in [-0.15, -0.1) is 0 Å². The smallest absolute Gasteiger partial charge is 0.421 e. The molecule has 2 aromatic heterocycles. The Morgan fingerprint density at radius 3 is 2.47 bits per heavy atom. The Labute approximate surface area is 272 Å². The minimum absolute atomic E-state index is 0.0660. The molecule has 3 aromatic carbocycles. The number of hydrogen-bond donors (Lipinski definition) is 2. The zero-order valence-corrected chi connectivity index (χ0v) is 27.2. The lowest BCUT2D eigenvalue weighted by Crippen LogP contribution is -2.31. The summed E-state index contributed by atoms with van der Waals surface area (Å²) in [5, 5.41) is 3.11. The average Bonchev–Trinajstić information content (AvgIpc) is 3.59. The normalized spacial score (nSPS) is 11.5. The maximum atomic E-state index is 13.8. The fourth-order valence-corrected chi connectivity index (χ4v) is 6.14. The average molecular weight is 657 g/mol. The summed E-state index contributed by atoms with van der Waals surface area (Å²) in [6.07, 6.45) is 2.35. The maximum Gasteiger partial charge on any atom is 0.421 e. The Morgan fingerprint density at radius 1 is 1.00 bits per heavy atom. The van der Waals surface area contributed by atoms with Crippen LogP contribution in [0.4, 0.5) is 10.5 Å². The van der Waals surface area contributed by atoms with Crippen molar-refractivity contribution in [3.05, 3.63) is 113 Å². The third-order valence-corrected chi connectivity index (χ3v) is 8.81. The number of anilines is 1. The number of amides is 2. The highest BCUT2D eigenvalue weighted by Crippen LogP contribution is 2.28. The minimum Gasteiger partial charge on any atom is -0.459 e. The van der Waals surface area contributed by atoms with E-state index in [-0.39, 0.29) is 29.4 Å². The molecule has 2 amide bonds. The zero-order chi connectivity index (χ0) is 33.6. The van der Waals surface area contributed by atoms with Crippen molar-refractivity contribution < 1.29 is 27.2 Å². The molecule has 47 heavy (non-hydrogen) atoms. The SMILES string of the molecule is CCCc1nc2ccc(NC(=O)c3ccco3)cc2c(=O)n1Cc1ccc(-c2ccccc2S(=O)(=O)NC(=O)OCCC(C)C)cc1. The zero-order valence-electron chi connectivity index (χ0n) is 26.4. The van der Waals surface area contributed by atoms with Gasteiger partial charge in [-0.2, -0.15) is 0 Å². The first-order valence-electron chi connectivity index (χ1n) is 15.3. The number of carbonyl (C=O) groups is 2. The lowest BCUT2D eigenvalue weighted by molar-refractivity contribution is 0.0996. The molecule has 0 unspecified atom stereocenters. The van der Waals surface area contributed by atoms with Crippen LogP contribution in [0.15, 0.2) is 99.2 Å². The molecule has 0 atom stereocenters. The lowest BCUT2D eigenvalue weighted by Gasteiger charge is -2.15. The van der Waals surface area contributed by atoms with Gasteiger partial charge < -0.3 is 14.5 Å². The highest BCUT2D eigenvalue weighted by Gasteiger charge is 2.23. The third-order valence-electron chi connectivity index (χ3n) is 7.44. The molecule has 0 aliphatic rings. The summed E-state index contributed by atoms with van der Waals surface area (Å²) < 4.78 is 40.1. The van der Waals surface area contributed by atoms with E-state index in [0.29, 0.717) is 52.3 Å². The van der Waals surface area contributed by atoms with Crippen LogP contribution in [0.25, 0.3) is 22.0 Å². The Hall–Kier alpha value is -5.23. The third kappa shape index (κ3) is 7.95. The quantitative estimate of drug-likeness (QED) is 0.157. The van der Waals surface area contributed by atoms with Crippen LogP contribution in [0.3, 0.4) is 0 Å². The number of benzene rings is 3. The van der Waals surface area contributed by atoms with Crippen LogP contribution < -0.4 is 15.6 Å². The number of fused-ring (bicyclic) bond motifs is 1. The van der Waals surface area contributed by atoms with Crippen molar-refractivity contribution in [1.82, 2.24) is 14.3 Å². The predicted molar refractivity (Wildman–Crippen MR) is 179 cm³/mol. The molecule has 11 nitrogen and oxygen atoms in total. The molecule has 0 radical (unpaired) electrons. The number of sulfonamides is 1. The highest BCUT2D eigenvalue weighted by molar-refractivity contribution is 7.90. The number of ether oxygens (including phenoxy) is 1. The summed E-state index contributed by atoms with van der Waals surface area (Å²) in [5.74, 6) is 0.651. The van der Waals surface area contributed by atoms with E-state index in [9.17, 15) is 22.8 Å². The van der Waals surface area contributed by atoms with Gasteiger partial charge in [0.1, 0.15) is 5.82 Å². The van der Waals surface area contributed by atoms with Gasteiger partial charge in [0.05, 0.1) is 35.2 Å². The van der Waals surface area contributed by atoms with Crippen molar-refractivity contribution in [2.24, 2.45) is 5.92 Å². The summed E-state index contributed by atoms with van der Waals surface area (Å²) >= 11 is 0. The van der Waals surface area contributed by atoms with Crippen molar-refractivity contribution in [2.75, 3.05) is 11.9 Å². The van der Waals surface area contributed by atoms with Gasteiger partial charge >= 0.3 is 6.09 Å². The van der Waals surface area contributed by atoms with Crippen molar-refractivity contribution in [3.63, 3.8) is 0 Å². The molecule has 2 heterocycles. The molecule has 5 rings (SSSR count). The topological polar surface area (TPSA) is 150 Å². The van der Waals surface area contributed by atoms with Gasteiger partial charge in [-0.3, -0.25) is 14.2 Å². The number of carbonyl (C=O) groups excluding carboxylic acids is 2. The standard InChI is InChI=1S/C35H36N4O7S/c1-4-8-32-37-29-17-16-26(36-33(40)30-10-7-19-45-30)21-28(29)34(41)39(32)22-24-12-14-25(15-13-24)27-9-5-6-11-31(27)47(43,44)38-35(42)46-20-18-23(2)3/h5-7,9-17,19,21,23H,4,8,18,20,22H2,1-3H3,(H,36,40)(H,38,42). The van der Waals surface area contributed by atoms with Crippen LogP contribution in [0.5, 0.6) is 0 Å². The van der Waals surface area contributed by atoms with Crippen molar-refractivity contribution in [2.45, 2.75) is 51.5 Å². The van der Waals surface area contributed by atoms with Crippen molar-refractivity contribution in [3.8, 4) is 11.1 Å². The van der Waals surface area contributed by atoms with Gasteiger partial charge in [0, 0.05) is 17.7 Å². The van der Waals surface area contributed by atoms with Crippen molar-refractivity contribution in [1.29, 1.82) is 0 Å². The fraction of sp³-hybridized carbons (Fsp3) is 0.257. The maximum absolute atomic E-state index is 13.8. The summed E-state index contributed by atoms with van der Waals surface area (Å²) in [6.45, 7) is 6.30. The van der Waals surface area contributed by atoms with Crippen LogP contribution in [0, 0.1) is 5.92 Å². The van der Waals surface area contributed by atoms with E-state index in [1.807, 2.05) is 37.6 Å². The lowest BCUT2D eigenvalue weighted by atomic mass is 10.0. The largest absolute Gasteiger partial charge is 0.459 e. The minimum atomic E-state index is -4.22. The first kappa shape index (κ1) is 33.1. The van der Waals surface area contributed by atoms with Crippen LogP contribution in [-0.4, -0.2) is 36.6 Å². The number of hydrogen-bond acceptors (Lipinski definition) is 8. The van der Waals surface area contributed by atoms with Crippen LogP contribution in [0.2, 0.25) is 0 Å². The summed E-state index contributed by atoms with van der Waals surface area (Å²) in [4.78, 5) is 43.2. The van der Waals surface area contributed by atoms with Crippen LogP contribution >= 0.6 is 0 Å². The van der Waals surface area contributed by atoms with Gasteiger partial charge in [0.25, 0.3) is 21.5 Å². The molecule has 0 fully saturated rings. The van der Waals surface area contributed by atoms with E-state index in [2.05, 4.69) is 5.32 Å². The second-order valence-corrected chi connectivity index (χ2v) is 13.1. The van der Waals surface area contributed by atoms with E-state index in [4.69, 9.17) is 14.1 Å². The first-order valence-corrected chi connectivity index (χ1v) is 16.8. The molecular formula is C35H36N4O7S. The molecule has 0 saturated heterocycles. The van der Waals surface area contributed by atoms with E-state index in [1.165, 1.54) is 12.3 Å². The summed E-state index contributed by atoms with van der Waals surface area (Å²) in [5.41, 5.74) is 2.52. The highest BCUT2D eigenvalue weighted by atomic mass is 32.2. The Bertz CT molecular complexity index is 2050. The number of nitrogens with one attached hydrogen (secondary N) is 2. The van der Waals surface area contributed by atoms with E-state index >= 15 is 0 Å².